The van der Waals surface area contributed by atoms with E-state index in [1.54, 1.807) is 7.11 Å². The van der Waals surface area contributed by atoms with Crippen molar-refractivity contribution in [3.8, 4) is 5.75 Å². The van der Waals surface area contributed by atoms with Gasteiger partial charge >= 0.3 is 12.4 Å². The molecule has 2 aliphatic rings. The molecule has 1 amide bonds. The lowest BCUT2D eigenvalue weighted by Crippen LogP contribution is -2.52. The summed E-state index contributed by atoms with van der Waals surface area (Å²) in [4.78, 5) is 20.6. The van der Waals surface area contributed by atoms with Crippen molar-refractivity contribution in [2.75, 3.05) is 39.9 Å². The van der Waals surface area contributed by atoms with Crippen LogP contribution in [0.4, 0.5) is 30.7 Å². The summed E-state index contributed by atoms with van der Waals surface area (Å²) in [6.07, 6.45) is -6.63. The quantitative estimate of drug-likeness (QED) is 0.193. The van der Waals surface area contributed by atoms with Crippen LogP contribution in [0.1, 0.15) is 40.3 Å². The molecule has 1 aromatic heterocycles. The van der Waals surface area contributed by atoms with E-state index < -0.39 is 48.2 Å². The topological polar surface area (TPSA) is 67.0 Å². The number of hydrogen-bond acceptors (Lipinski definition) is 5. The van der Waals surface area contributed by atoms with E-state index in [9.17, 15) is 35.5 Å². The number of aromatic amines is 1. The van der Waals surface area contributed by atoms with Gasteiger partial charge in [-0.15, -0.1) is 0 Å². The maximum atomic E-state index is 13.9. The lowest BCUT2D eigenvalue weighted by Gasteiger charge is -2.42. The van der Waals surface area contributed by atoms with Crippen molar-refractivity contribution in [1.29, 1.82) is 0 Å². The Hall–Kier alpha value is -4.40. The van der Waals surface area contributed by atoms with E-state index in [4.69, 9.17) is 14.2 Å². The van der Waals surface area contributed by atoms with Crippen LogP contribution in [0, 0.1) is 5.82 Å². The van der Waals surface area contributed by atoms with Crippen molar-refractivity contribution in [3.63, 3.8) is 0 Å². The summed E-state index contributed by atoms with van der Waals surface area (Å²) >= 11 is 0. The van der Waals surface area contributed by atoms with Crippen LogP contribution in [-0.2, 0) is 33.2 Å². The number of fused-ring (bicyclic) bond motifs is 1. The fourth-order valence-electron chi connectivity index (χ4n) is 6.22. The average Bonchev–Trinajstić information content (AvgIpc) is 3.50. The molecule has 3 aromatic carbocycles. The molecule has 49 heavy (non-hydrogen) atoms. The monoisotopic (exact) mass is 691 g/mol. The number of alkyl halides is 6. The molecular weight excluding hydrogens is 659 g/mol. The molecule has 14 heteroatoms. The largest absolute Gasteiger partial charge is 0.497 e. The first-order chi connectivity index (χ1) is 23.3. The van der Waals surface area contributed by atoms with E-state index in [0.717, 1.165) is 27.8 Å². The van der Waals surface area contributed by atoms with Crippen LogP contribution in [0.15, 0.2) is 72.9 Å². The lowest BCUT2D eigenvalue weighted by atomic mass is 9.98. The summed E-state index contributed by atoms with van der Waals surface area (Å²) in [6.45, 7) is 0.555. The van der Waals surface area contributed by atoms with Gasteiger partial charge in [-0.05, 0) is 71.7 Å². The van der Waals surface area contributed by atoms with E-state index >= 15 is 0 Å². The Balaban J connectivity index is 1.19. The van der Waals surface area contributed by atoms with Crippen molar-refractivity contribution in [2.45, 2.75) is 37.7 Å². The number of benzene rings is 3. The van der Waals surface area contributed by atoms with Crippen LogP contribution >= 0.6 is 0 Å². The Morgan fingerprint density at radius 2 is 1.67 bits per heavy atom. The number of methoxy groups -OCH3 is 1. The first kappa shape index (κ1) is 34.5. The molecule has 1 fully saturated rings. The van der Waals surface area contributed by atoms with Crippen LogP contribution < -0.4 is 4.74 Å². The highest BCUT2D eigenvalue weighted by molar-refractivity contribution is 5.93. The maximum Gasteiger partial charge on any atom is 0.416 e. The number of morpholine rings is 1. The third-order valence-electron chi connectivity index (χ3n) is 8.69. The number of hydrogen-bond donors (Lipinski definition) is 1. The highest BCUT2D eigenvalue weighted by Gasteiger charge is 2.39. The standard InChI is InChI=1S/C35H32F7N3O4/c1-47-27-6-7-30-28(17-27)29(18-43-30)22-8-10-44(11-9-22)19-31(46)45-12-13-48-33(32(45)23-2-4-26(36)5-3-23)49-20-21-14-24(34(37,38)39)16-25(15-21)35(40,41)42/h2-8,14-18,32-33,43H,9-13,19-20H2,1H3. The number of nitrogens with one attached hydrogen (secondary N) is 1. The first-order valence-electron chi connectivity index (χ1n) is 15.4. The van der Waals surface area contributed by atoms with Gasteiger partial charge in [0, 0.05) is 42.3 Å². The lowest BCUT2D eigenvalue weighted by molar-refractivity contribution is -0.217. The van der Waals surface area contributed by atoms with E-state index in [1.807, 2.05) is 29.3 Å². The smallest absolute Gasteiger partial charge is 0.416 e. The van der Waals surface area contributed by atoms with Crippen molar-refractivity contribution in [2.24, 2.45) is 0 Å². The molecule has 7 nitrogen and oxygen atoms in total. The molecule has 4 aromatic rings. The zero-order valence-corrected chi connectivity index (χ0v) is 26.2. The summed E-state index contributed by atoms with van der Waals surface area (Å²) in [5.41, 5.74) is 0.245. The van der Waals surface area contributed by atoms with Gasteiger partial charge in [-0.1, -0.05) is 18.2 Å². The number of carbonyl (C=O) groups excluding carboxylic acids is 1. The maximum absolute atomic E-state index is 13.9. The first-order valence-corrected chi connectivity index (χ1v) is 15.4. The molecule has 3 heterocycles. The number of rotatable bonds is 8. The second kappa shape index (κ2) is 13.8. The molecule has 0 spiro atoms. The number of H-pyrrole nitrogens is 1. The highest BCUT2D eigenvalue weighted by Crippen LogP contribution is 2.38. The number of amides is 1. The van der Waals surface area contributed by atoms with Crippen molar-refractivity contribution in [1.82, 2.24) is 14.8 Å². The summed E-state index contributed by atoms with van der Waals surface area (Å²) in [7, 11) is 1.61. The van der Waals surface area contributed by atoms with Gasteiger partial charge in [0.1, 0.15) is 17.6 Å². The van der Waals surface area contributed by atoms with Gasteiger partial charge in [-0.3, -0.25) is 9.69 Å². The zero-order valence-electron chi connectivity index (χ0n) is 26.2. The van der Waals surface area contributed by atoms with Gasteiger partial charge in [-0.2, -0.15) is 26.3 Å². The second-order valence-electron chi connectivity index (χ2n) is 11.9. The van der Waals surface area contributed by atoms with Crippen LogP contribution in [-0.4, -0.2) is 66.9 Å². The molecular formula is C35H32F7N3O4. The molecule has 0 saturated carbocycles. The number of aromatic nitrogens is 1. The molecule has 1 saturated heterocycles. The number of halogens is 7. The molecule has 260 valence electrons. The van der Waals surface area contributed by atoms with Crippen molar-refractivity contribution >= 4 is 22.4 Å². The van der Waals surface area contributed by atoms with Crippen LogP contribution in [0.3, 0.4) is 0 Å². The molecule has 2 unspecified atom stereocenters. The fraction of sp³-hybridized carbons (Fsp3) is 0.343. The molecule has 0 bridgehead atoms. The molecule has 1 N–H and O–H groups in total. The molecule has 2 atom stereocenters. The Bertz CT molecular complexity index is 1800. The van der Waals surface area contributed by atoms with Gasteiger partial charge in [0.15, 0.2) is 6.29 Å². The Kier molecular flexibility index (Phi) is 9.74. The Morgan fingerprint density at radius 1 is 0.959 bits per heavy atom. The SMILES string of the molecule is COc1ccc2[nH]cc(C3=CCN(CC(=O)N4CCOC(OCc5cc(C(F)(F)F)cc(C(F)(F)F)c5)C4c4ccc(F)cc4)CC3)c2c1. The van der Waals surface area contributed by atoms with Crippen molar-refractivity contribution in [3.05, 3.63) is 107 Å². The summed E-state index contributed by atoms with van der Waals surface area (Å²) < 4.78 is 111. The fourth-order valence-corrected chi connectivity index (χ4v) is 6.22. The van der Waals surface area contributed by atoms with Crippen LogP contribution in [0.25, 0.3) is 16.5 Å². The van der Waals surface area contributed by atoms with E-state index in [2.05, 4.69) is 11.1 Å². The summed E-state index contributed by atoms with van der Waals surface area (Å²) in [6, 6.07) is 11.3. The number of ether oxygens (including phenoxy) is 3. The zero-order chi connectivity index (χ0) is 34.9. The minimum Gasteiger partial charge on any atom is -0.497 e. The minimum absolute atomic E-state index is 0.00142. The predicted octanol–water partition coefficient (Wildman–Crippen LogP) is 7.59. The summed E-state index contributed by atoms with van der Waals surface area (Å²) in [5, 5.41) is 1.02. The van der Waals surface area contributed by atoms with E-state index in [1.165, 1.54) is 29.2 Å². The number of nitrogens with zero attached hydrogens (tertiary/aromatic N) is 2. The minimum atomic E-state index is -5.02. The Morgan fingerprint density at radius 3 is 2.31 bits per heavy atom. The molecule has 2 aliphatic heterocycles. The highest BCUT2D eigenvalue weighted by atomic mass is 19.4. The third kappa shape index (κ3) is 7.76. The normalized spacial score (nSPS) is 19.3. The molecule has 6 rings (SSSR count). The van der Waals surface area contributed by atoms with E-state index in [-0.39, 0.29) is 37.2 Å². The van der Waals surface area contributed by atoms with Crippen LogP contribution in [0.5, 0.6) is 5.75 Å². The second-order valence-corrected chi connectivity index (χ2v) is 11.9. The average molecular weight is 692 g/mol. The molecule has 0 aliphatic carbocycles. The molecule has 0 radical (unpaired) electrons. The summed E-state index contributed by atoms with van der Waals surface area (Å²) in [5.74, 6) is -0.0938. The van der Waals surface area contributed by atoms with E-state index in [0.29, 0.717) is 37.2 Å². The van der Waals surface area contributed by atoms with Gasteiger partial charge in [-0.25, -0.2) is 4.39 Å². The van der Waals surface area contributed by atoms with Gasteiger partial charge in [0.2, 0.25) is 5.91 Å². The third-order valence-corrected chi connectivity index (χ3v) is 8.69. The van der Waals surface area contributed by atoms with Crippen LogP contribution in [0.2, 0.25) is 0 Å². The Labute approximate surface area is 276 Å². The van der Waals surface area contributed by atoms with Gasteiger partial charge < -0.3 is 24.1 Å². The van der Waals surface area contributed by atoms with Crippen molar-refractivity contribution < 1.29 is 49.7 Å². The predicted molar refractivity (Wildman–Crippen MR) is 166 cm³/mol. The van der Waals surface area contributed by atoms with Gasteiger partial charge in [0.25, 0.3) is 0 Å². The van der Waals surface area contributed by atoms with Gasteiger partial charge in [0.05, 0.1) is 38.0 Å². The number of carbonyl (C=O) groups is 1.